The molecule has 0 amide bonds. The van der Waals surface area contributed by atoms with E-state index in [0.29, 0.717) is 0 Å². The number of hydrogen-bond acceptors (Lipinski definition) is 3. The predicted molar refractivity (Wildman–Crippen MR) is 41.2 cm³/mol. The van der Waals surface area contributed by atoms with E-state index in [2.05, 4.69) is 15.3 Å². The lowest BCUT2D eigenvalue weighted by molar-refractivity contribution is 0.510. The Morgan fingerprint density at radius 1 is 1.50 bits per heavy atom. The highest BCUT2D eigenvalue weighted by Gasteiger charge is 2.05. The lowest BCUT2D eigenvalue weighted by atomic mass is 10.4. The van der Waals surface area contributed by atoms with Gasteiger partial charge in [-0.25, -0.2) is 18.7 Å². The average Bonchev–Trinajstić information content (AvgIpc) is 2.08. The highest BCUT2D eigenvalue weighted by atomic mass is 19.1. The molecule has 3 nitrogen and oxygen atoms in total. The molecular weight excluding hydrogens is 164 g/mol. The second-order valence-corrected chi connectivity index (χ2v) is 2.24. The second-order valence-electron chi connectivity index (χ2n) is 2.24. The van der Waals surface area contributed by atoms with Crippen LogP contribution in [0.15, 0.2) is 6.33 Å². The van der Waals surface area contributed by atoms with E-state index in [1.807, 2.05) is 0 Å². The van der Waals surface area contributed by atoms with Crippen LogP contribution >= 0.6 is 0 Å². The van der Waals surface area contributed by atoms with Gasteiger partial charge in [0.1, 0.15) is 13.0 Å². The summed E-state index contributed by atoms with van der Waals surface area (Å²) in [6, 6.07) is 0. The first-order valence-electron chi connectivity index (χ1n) is 3.52. The van der Waals surface area contributed by atoms with Gasteiger partial charge in [-0.05, 0) is 6.92 Å². The molecule has 1 aromatic heterocycles. The van der Waals surface area contributed by atoms with Crippen LogP contribution in [-0.4, -0.2) is 23.2 Å². The summed E-state index contributed by atoms with van der Waals surface area (Å²) in [7, 11) is 0. The zero-order valence-electron chi connectivity index (χ0n) is 6.64. The third-order valence-electron chi connectivity index (χ3n) is 1.35. The number of nitrogens with zero attached hydrogens (tertiary/aromatic N) is 2. The summed E-state index contributed by atoms with van der Waals surface area (Å²) in [5.41, 5.74) is 0.256. The molecule has 0 saturated heterocycles. The second kappa shape index (κ2) is 3.94. The minimum absolute atomic E-state index is 0.0557. The van der Waals surface area contributed by atoms with Crippen molar-refractivity contribution in [3.8, 4) is 0 Å². The summed E-state index contributed by atoms with van der Waals surface area (Å²) in [6.07, 6.45) is 1.24. The quantitative estimate of drug-likeness (QED) is 0.748. The number of aryl methyl sites for hydroxylation is 1. The first-order valence-corrected chi connectivity index (χ1v) is 3.52. The largest absolute Gasteiger partial charge is 0.365 e. The Balaban J connectivity index is 2.78. The van der Waals surface area contributed by atoms with Crippen LogP contribution in [0, 0.1) is 12.7 Å². The van der Waals surface area contributed by atoms with Crippen LogP contribution in [0.4, 0.5) is 14.6 Å². The predicted octanol–water partition coefficient (Wildman–Crippen LogP) is 1.31. The molecule has 0 aliphatic rings. The minimum atomic E-state index is -0.553. The third-order valence-corrected chi connectivity index (χ3v) is 1.35. The van der Waals surface area contributed by atoms with Gasteiger partial charge >= 0.3 is 0 Å². The zero-order chi connectivity index (χ0) is 8.97. The lowest BCUT2D eigenvalue weighted by Crippen LogP contribution is -2.08. The van der Waals surface area contributed by atoms with E-state index in [1.54, 1.807) is 0 Å². The Morgan fingerprint density at radius 3 is 2.92 bits per heavy atom. The molecule has 1 aromatic rings. The minimum Gasteiger partial charge on any atom is -0.365 e. The monoisotopic (exact) mass is 173 g/mol. The van der Waals surface area contributed by atoms with E-state index in [1.165, 1.54) is 13.3 Å². The van der Waals surface area contributed by atoms with E-state index in [9.17, 15) is 8.78 Å². The lowest BCUT2D eigenvalue weighted by Gasteiger charge is -2.03. The van der Waals surface area contributed by atoms with E-state index in [-0.39, 0.29) is 18.1 Å². The zero-order valence-corrected chi connectivity index (χ0v) is 6.64. The summed E-state index contributed by atoms with van der Waals surface area (Å²) in [4.78, 5) is 7.24. The molecule has 0 aliphatic heterocycles. The number of halogens is 2. The molecule has 0 spiro atoms. The van der Waals surface area contributed by atoms with Gasteiger partial charge in [0.15, 0.2) is 11.6 Å². The van der Waals surface area contributed by atoms with Crippen LogP contribution in [0.5, 0.6) is 0 Å². The maximum Gasteiger partial charge on any atom is 0.186 e. The van der Waals surface area contributed by atoms with Gasteiger partial charge in [0.05, 0.1) is 5.69 Å². The van der Waals surface area contributed by atoms with Gasteiger partial charge in [0.25, 0.3) is 0 Å². The molecule has 0 atom stereocenters. The molecule has 0 radical (unpaired) electrons. The summed E-state index contributed by atoms with van der Waals surface area (Å²) >= 11 is 0. The van der Waals surface area contributed by atoms with Crippen molar-refractivity contribution in [2.75, 3.05) is 18.5 Å². The number of anilines is 1. The van der Waals surface area contributed by atoms with Gasteiger partial charge in [-0.3, -0.25) is 0 Å². The standard InChI is InChI=1S/C7H9F2N3/c1-5-6(9)7(10-3-2-8)12-4-11-5/h4H,2-3H2,1H3,(H,10,11,12). The van der Waals surface area contributed by atoms with E-state index >= 15 is 0 Å². The number of aromatic nitrogens is 2. The maximum absolute atomic E-state index is 13.0. The Hall–Kier alpha value is -1.26. The molecule has 0 aliphatic carbocycles. The molecule has 0 aromatic carbocycles. The van der Waals surface area contributed by atoms with Crippen molar-refractivity contribution in [2.24, 2.45) is 0 Å². The van der Waals surface area contributed by atoms with Gasteiger partial charge in [0.2, 0.25) is 0 Å². The molecule has 66 valence electrons. The van der Waals surface area contributed by atoms with Gasteiger partial charge in [-0.2, -0.15) is 0 Å². The van der Waals surface area contributed by atoms with Crippen LogP contribution in [0.25, 0.3) is 0 Å². The van der Waals surface area contributed by atoms with Gasteiger partial charge in [0, 0.05) is 6.54 Å². The Morgan fingerprint density at radius 2 is 2.25 bits per heavy atom. The third kappa shape index (κ3) is 1.87. The SMILES string of the molecule is Cc1ncnc(NCCF)c1F. The maximum atomic E-state index is 13.0. The van der Waals surface area contributed by atoms with Crippen molar-refractivity contribution in [1.29, 1.82) is 0 Å². The Kier molecular flexibility index (Phi) is 2.90. The molecular formula is C7H9F2N3. The fourth-order valence-electron chi connectivity index (χ4n) is 0.747. The number of hydrogen-bond donors (Lipinski definition) is 1. The summed E-state index contributed by atoms with van der Waals surface area (Å²) in [5, 5.41) is 2.50. The van der Waals surface area contributed by atoms with E-state index in [4.69, 9.17) is 0 Å². The summed E-state index contributed by atoms with van der Waals surface area (Å²) in [6.45, 7) is 1.04. The highest BCUT2D eigenvalue weighted by molar-refractivity contribution is 5.36. The first-order chi connectivity index (χ1) is 5.75. The topological polar surface area (TPSA) is 37.8 Å². The van der Waals surface area contributed by atoms with Crippen molar-refractivity contribution in [3.05, 3.63) is 17.8 Å². The van der Waals surface area contributed by atoms with Crippen LogP contribution in [0.1, 0.15) is 5.69 Å². The molecule has 0 bridgehead atoms. The highest BCUT2D eigenvalue weighted by Crippen LogP contribution is 2.10. The van der Waals surface area contributed by atoms with Crippen LogP contribution in [-0.2, 0) is 0 Å². The fraction of sp³-hybridized carbons (Fsp3) is 0.429. The molecule has 12 heavy (non-hydrogen) atoms. The average molecular weight is 173 g/mol. The van der Waals surface area contributed by atoms with Crippen LogP contribution < -0.4 is 5.32 Å². The van der Waals surface area contributed by atoms with Crippen molar-refractivity contribution in [1.82, 2.24) is 9.97 Å². The van der Waals surface area contributed by atoms with Gasteiger partial charge < -0.3 is 5.32 Å². The number of alkyl halides is 1. The molecule has 1 heterocycles. The molecule has 1 rings (SSSR count). The summed E-state index contributed by atoms with van der Waals surface area (Å²) < 4.78 is 24.7. The first kappa shape index (κ1) is 8.83. The Labute approximate surface area is 68.8 Å². The fourth-order valence-corrected chi connectivity index (χ4v) is 0.747. The van der Waals surface area contributed by atoms with E-state index < -0.39 is 12.5 Å². The van der Waals surface area contributed by atoms with Crippen LogP contribution in [0.2, 0.25) is 0 Å². The molecule has 0 fully saturated rings. The number of nitrogens with one attached hydrogen (secondary N) is 1. The van der Waals surface area contributed by atoms with E-state index in [0.717, 1.165) is 0 Å². The molecule has 5 heteroatoms. The van der Waals surface area contributed by atoms with Crippen molar-refractivity contribution < 1.29 is 8.78 Å². The van der Waals surface area contributed by atoms with Crippen molar-refractivity contribution in [2.45, 2.75) is 6.92 Å². The normalized spacial score (nSPS) is 9.92. The summed E-state index contributed by atoms with van der Waals surface area (Å²) in [5.74, 6) is -0.467. The van der Waals surface area contributed by atoms with Crippen LogP contribution in [0.3, 0.4) is 0 Å². The van der Waals surface area contributed by atoms with Gasteiger partial charge in [-0.1, -0.05) is 0 Å². The smallest absolute Gasteiger partial charge is 0.186 e. The molecule has 0 saturated carbocycles. The van der Waals surface area contributed by atoms with Gasteiger partial charge in [-0.15, -0.1) is 0 Å². The van der Waals surface area contributed by atoms with Crippen molar-refractivity contribution in [3.63, 3.8) is 0 Å². The Bertz CT molecular complexity index is 265. The van der Waals surface area contributed by atoms with Crippen molar-refractivity contribution >= 4 is 5.82 Å². The molecule has 0 unspecified atom stereocenters. The molecule has 1 N–H and O–H groups in total. The number of rotatable bonds is 3.